The summed E-state index contributed by atoms with van der Waals surface area (Å²) in [5.74, 6) is 2.79. The number of methoxy groups -OCH3 is 2. The van der Waals surface area contributed by atoms with Gasteiger partial charge in [0.25, 0.3) is 0 Å². The Hall–Kier alpha value is -3.29. The quantitative estimate of drug-likeness (QED) is 0.352. The lowest BCUT2D eigenvalue weighted by molar-refractivity contribution is 0.402. The first-order chi connectivity index (χ1) is 15.2. The first-order valence-corrected chi connectivity index (χ1v) is 10.6. The van der Waals surface area contributed by atoms with Crippen molar-refractivity contribution >= 4 is 22.9 Å². The van der Waals surface area contributed by atoms with Crippen molar-refractivity contribution in [2.45, 2.75) is 17.9 Å². The number of pyridine rings is 2. The standard InChI is InChI=1S/C24H23N3O3S/c1-16(17-4-6-18(28-2)7-5-17)27-31-20-10-8-19(9-11-20)30-22-13-15-25-23-21(22)12-14-26-24(23)29-3/h4-16,27H,1-3H3. The van der Waals surface area contributed by atoms with Crippen LogP contribution in [0.2, 0.25) is 0 Å². The van der Waals surface area contributed by atoms with E-state index in [1.807, 2.05) is 48.5 Å². The van der Waals surface area contributed by atoms with Crippen LogP contribution >= 0.6 is 11.9 Å². The molecule has 158 valence electrons. The number of nitrogens with zero attached hydrogens (tertiary/aromatic N) is 2. The maximum Gasteiger partial charge on any atom is 0.240 e. The molecule has 1 N–H and O–H groups in total. The average Bonchev–Trinajstić information content (AvgIpc) is 2.83. The van der Waals surface area contributed by atoms with E-state index in [2.05, 4.69) is 33.7 Å². The molecule has 2 aromatic carbocycles. The molecule has 7 heteroatoms. The Bertz CT molecular complexity index is 1150. The van der Waals surface area contributed by atoms with Crippen molar-refractivity contribution in [3.8, 4) is 23.1 Å². The second-order valence-electron chi connectivity index (χ2n) is 6.81. The number of hydrogen-bond acceptors (Lipinski definition) is 7. The molecule has 4 rings (SSSR count). The lowest BCUT2D eigenvalue weighted by Crippen LogP contribution is -2.09. The Morgan fingerprint density at radius 2 is 1.52 bits per heavy atom. The highest BCUT2D eigenvalue weighted by molar-refractivity contribution is 7.97. The molecular formula is C24H23N3O3S. The number of nitrogens with one attached hydrogen (secondary N) is 1. The van der Waals surface area contributed by atoms with Gasteiger partial charge in [0.2, 0.25) is 5.88 Å². The molecule has 0 aliphatic carbocycles. The van der Waals surface area contributed by atoms with Gasteiger partial charge in [0.05, 0.1) is 19.6 Å². The predicted octanol–water partition coefficient (Wildman–Crippen LogP) is 5.80. The summed E-state index contributed by atoms with van der Waals surface area (Å²) in [5, 5.41) is 0.850. The van der Waals surface area contributed by atoms with Gasteiger partial charge in [-0.05, 0) is 73.0 Å². The zero-order chi connectivity index (χ0) is 21.6. The summed E-state index contributed by atoms with van der Waals surface area (Å²) in [6.07, 6.45) is 3.38. The third-order valence-corrected chi connectivity index (χ3v) is 5.78. The van der Waals surface area contributed by atoms with E-state index >= 15 is 0 Å². The zero-order valence-corrected chi connectivity index (χ0v) is 18.3. The minimum absolute atomic E-state index is 0.193. The van der Waals surface area contributed by atoms with Gasteiger partial charge >= 0.3 is 0 Å². The van der Waals surface area contributed by atoms with Crippen molar-refractivity contribution in [1.29, 1.82) is 0 Å². The second kappa shape index (κ2) is 9.68. The second-order valence-corrected chi connectivity index (χ2v) is 7.72. The van der Waals surface area contributed by atoms with Crippen LogP contribution in [-0.2, 0) is 0 Å². The molecule has 0 saturated carbocycles. The van der Waals surface area contributed by atoms with Crippen LogP contribution in [0.3, 0.4) is 0 Å². The van der Waals surface area contributed by atoms with Crippen LogP contribution in [0.25, 0.3) is 10.9 Å². The van der Waals surface area contributed by atoms with Gasteiger partial charge in [-0.25, -0.2) is 4.98 Å². The molecule has 4 aromatic rings. The maximum atomic E-state index is 6.10. The highest BCUT2D eigenvalue weighted by Crippen LogP contribution is 2.32. The van der Waals surface area contributed by atoms with Gasteiger partial charge in [0.15, 0.2) is 0 Å². The first-order valence-electron chi connectivity index (χ1n) is 9.80. The Morgan fingerprint density at radius 3 is 2.23 bits per heavy atom. The number of benzene rings is 2. The van der Waals surface area contributed by atoms with E-state index < -0.39 is 0 Å². The molecule has 6 nitrogen and oxygen atoms in total. The van der Waals surface area contributed by atoms with Crippen molar-refractivity contribution < 1.29 is 14.2 Å². The van der Waals surface area contributed by atoms with Crippen LogP contribution in [0.4, 0.5) is 0 Å². The molecule has 0 fully saturated rings. The van der Waals surface area contributed by atoms with Crippen molar-refractivity contribution in [3.63, 3.8) is 0 Å². The van der Waals surface area contributed by atoms with Crippen LogP contribution in [0.5, 0.6) is 23.1 Å². The van der Waals surface area contributed by atoms with Gasteiger partial charge in [-0.3, -0.25) is 9.71 Å². The largest absolute Gasteiger partial charge is 0.497 e. The third-order valence-electron chi connectivity index (χ3n) is 4.80. The van der Waals surface area contributed by atoms with Gasteiger partial charge in [0, 0.05) is 23.3 Å². The van der Waals surface area contributed by atoms with Crippen LogP contribution in [-0.4, -0.2) is 24.2 Å². The predicted molar refractivity (Wildman–Crippen MR) is 123 cm³/mol. The highest BCUT2D eigenvalue weighted by Gasteiger charge is 2.10. The molecule has 1 unspecified atom stereocenters. The average molecular weight is 434 g/mol. The van der Waals surface area contributed by atoms with E-state index in [1.165, 1.54) is 5.56 Å². The summed E-state index contributed by atoms with van der Waals surface area (Å²) < 4.78 is 20.1. The Kier molecular flexibility index (Phi) is 6.54. The van der Waals surface area contributed by atoms with Crippen molar-refractivity contribution in [3.05, 3.63) is 78.6 Å². The number of fused-ring (bicyclic) bond motifs is 1. The summed E-state index contributed by atoms with van der Waals surface area (Å²) >= 11 is 1.58. The fourth-order valence-electron chi connectivity index (χ4n) is 3.09. The van der Waals surface area contributed by atoms with Gasteiger partial charge in [-0.15, -0.1) is 0 Å². The molecule has 0 bridgehead atoms. The fourth-order valence-corrected chi connectivity index (χ4v) is 3.81. The number of hydrogen-bond donors (Lipinski definition) is 1. The molecule has 0 spiro atoms. The summed E-state index contributed by atoms with van der Waals surface area (Å²) in [7, 11) is 3.25. The number of aromatic nitrogens is 2. The summed E-state index contributed by atoms with van der Waals surface area (Å²) in [6, 6.07) is 19.9. The van der Waals surface area contributed by atoms with Crippen LogP contribution in [0.1, 0.15) is 18.5 Å². The molecule has 0 radical (unpaired) electrons. The molecule has 2 heterocycles. The number of rotatable bonds is 8. The Labute approximate surface area is 185 Å². The normalized spacial score (nSPS) is 11.8. The lowest BCUT2D eigenvalue weighted by Gasteiger charge is -2.14. The molecule has 1 atom stereocenters. The monoisotopic (exact) mass is 433 g/mol. The van der Waals surface area contributed by atoms with Crippen LogP contribution in [0, 0.1) is 0 Å². The minimum Gasteiger partial charge on any atom is -0.497 e. The van der Waals surface area contributed by atoms with Gasteiger partial charge in [-0.2, -0.15) is 0 Å². The summed E-state index contributed by atoms with van der Waals surface area (Å²) in [4.78, 5) is 9.65. The van der Waals surface area contributed by atoms with Crippen LogP contribution < -0.4 is 18.9 Å². The van der Waals surface area contributed by atoms with E-state index in [9.17, 15) is 0 Å². The molecule has 31 heavy (non-hydrogen) atoms. The van der Waals surface area contributed by atoms with E-state index in [4.69, 9.17) is 14.2 Å². The number of ether oxygens (including phenoxy) is 3. The van der Waals surface area contributed by atoms with E-state index in [0.29, 0.717) is 17.1 Å². The molecule has 0 saturated heterocycles. The minimum atomic E-state index is 0.193. The van der Waals surface area contributed by atoms with Gasteiger partial charge in [-0.1, -0.05) is 12.1 Å². The Balaban J connectivity index is 1.41. The highest BCUT2D eigenvalue weighted by atomic mass is 32.2. The van der Waals surface area contributed by atoms with E-state index in [-0.39, 0.29) is 6.04 Å². The van der Waals surface area contributed by atoms with Crippen molar-refractivity contribution in [1.82, 2.24) is 14.7 Å². The SMILES string of the molecule is COc1ccc(C(C)NSc2ccc(Oc3ccnc4c(OC)nccc34)cc2)cc1. The topological polar surface area (TPSA) is 65.5 Å². The molecule has 0 aliphatic heterocycles. The van der Waals surface area contributed by atoms with E-state index in [0.717, 1.165) is 21.8 Å². The van der Waals surface area contributed by atoms with Crippen molar-refractivity contribution in [2.75, 3.05) is 14.2 Å². The fraction of sp³-hybridized carbons (Fsp3) is 0.167. The van der Waals surface area contributed by atoms with Crippen molar-refractivity contribution in [2.24, 2.45) is 0 Å². The Morgan fingerprint density at radius 1 is 0.806 bits per heavy atom. The molecule has 0 amide bonds. The maximum absolute atomic E-state index is 6.10. The summed E-state index contributed by atoms with van der Waals surface area (Å²) in [5.41, 5.74) is 1.87. The zero-order valence-electron chi connectivity index (χ0n) is 17.5. The summed E-state index contributed by atoms with van der Waals surface area (Å²) in [6.45, 7) is 2.13. The smallest absolute Gasteiger partial charge is 0.240 e. The first kappa shape index (κ1) is 21.0. The van der Waals surface area contributed by atoms with Crippen LogP contribution in [0.15, 0.2) is 78.0 Å². The van der Waals surface area contributed by atoms with Gasteiger partial charge in [0.1, 0.15) is 22.8 Å². The molecule has 0 aliphatic rings. The van der Waals surface area contributed by atoms with Gasteiger partial charge < -0.3 is 14.2 Å². The molecule has 2 aromatic heterocycles. The molecular weight excluding hydrogens is 410 g/mol. The third kappa shape index (κ3) is 4.90. The lowest BCUT2D eigenvalue weighted by atomic mass is 10.1. The van der Waals surface area contributed by atoms with E-state index in [1.54, 1.807) is 38.6 Å².